The molecule has 1 unspecified atom stereocenters. The van der Waals surface area contributed by atoms with Crippen LogP contribution in [-0.2, 0) is 11.3 Å². The molecule has 0 bridgehead atoms. The number of hydrogen-bond acceptors (Lipinski definition) is 5. The third-order valence-corrected chi connectivity index (χ3v) is 6.42. The maximum Gasteiger partial charge on any atom is 0.429 e. The minimum absolute atomic E-state index is 0.167. The van der Waals surface area contributed by atoms with Crippen LogP contribution < -0.4 is 16.4 Å². The molecular weight excluding hydrogens is 529 g/mol. The van der Waals surface area contributed by atoms with Crippen LogP contribution in [0.25, 0.3) is 0 Å². The van der Waals surface area contributed by atoms with Gasteiger partial charge in [0.2, 0.25) is 0 Å². The highest BCUT2D eigenvalue weighted by Gasteiger charge is 2.36. The second kappa shape index (κ2) is 12.5. The summed E-state index contributed by atoms with van der Waals surface area (Å²) in [6.07, 6.45) is -3.89. The first-order valence-electron chi connectivity index (χ1n) is 12.6. The number of anilines is 1. The third kappa shape index (κ3) is 7.80. The number of carbonyl (C=O) groups is 1. The summed E-state index contributed by atoms with van der Waals surface area (Å²) in [5.41, 5.74) is 5.37. The number of halogens is 5. The maximum atomic E-state index is 14.7. The molecule has 4 rings (SSSR count). The lowest BCUT2D eigenvalue weighted by Crippen LogP contribution is -2.31. The number of amides is 1. The molecule has 40 heavy (non-hydrogen) atoms. The van der Waals surface area contributed by atoms with Crippen LogP contribution in [0.15, 0.2) is 71.7 Å². The highest BCUT2D eigenvalue weighted by Crippen LogP contribution is 2.32. The average Bonchev–Trinajstić information content (AvgIpc) is 3.74. The predicted octanol–water partition coefficient (Wildman–Crippen LogP) is 6.20. The lowest BCUT2D eigenvalue weighted by atomic mass is 9.97. The van der Waals surface area contributed by atoms with Crippen LogP contribution in [0.3, 0.4) is 0 Å². The monoisotopic (exact) mass is 557 g/mol. The van der Waals surface area contributed by atoms with Crippen LogP contribution in [0.2, 0.25) is 0 Å². The first-order chi connectivity index (χ1) is 19.0. The molecule has 210 valence electrons. The zero-order valence-electron chi connectivity index (χ0n) is 21.4. The number of aliphatic imine (C=N–C) groups is 1. The second-order valence-electron chi connectivity index (χ2n) is 9.62. The van der Waals surface area contributed by atoms with Gasteiger partial charge in [0.1, 0.15) is 23.1 Å². The smallest absolute Gasteiger partial charge is 0.326 e. The van der Waals surface area contributed by atoms with Gasteiger partial charge in [-0.1, -0.05) is 30.3 Å². The number of rotatable bonds is 11. The number of alkyl halides is 3. The molecular formula is C29H28F5N5O. The molecule has 0 aromatic heterocycles. The summed E-state index contributed by atoms with van der Waals surface area (Å²) in [4.78, 5) is 17.3. The van der Waals surface area contributed by atoms with Crippen molar-refractivity contribution in [3.8, 4) is 0 Å². The van der Waals surface area contributed by atoms with Gasteiger partial charge in [0.05, 0.1) is 11.7 Å². The van der Waals surface area contributed by atoms with Crippen molar-refractivity contribution in [1.29, 1.82) is 5.41 Å². The summed E-state index contributed by atoms with van der Waals surface area (Å²) in [5.74, 6) is -1.92. The molecule has 0 heterocycles. The van der Waals surface area contributed by atoms with E-state index in [1.807, 2.05) is 0 Å². The fourth-order valence-electron chi connectivity index (χ4n) is 4.10. The van der Waals surface area contributed by atoms with Gasteiger partial charge in [-0.2, -0.15) is 13.2 Å². The fourth-order valence-corrected chi connectivity index (χ4v) is 4.10. The molecule has 1 aliphatic carbocycles. The summed E-state index contributed by atoms with van der Waals surface area (Å²) < 4.78 is 67.8. The van der Waals surface area contributed by atoms with Crippen molar-refractivity contribution in [2.75, 3.05) is 11.9 Å². The Balaban J connectivity index is 1.62. The van der Waals surface area contributed by atoms with Gasteiger partial charge < -0.3 is 21.8 Å². The normalized spacial score (nSPS) is 14.6. The number of carbonyl (C=O) groups excluding carboxylic acids is 1. The lowest BCUT2D eigenvalue weighted by Gasteiger charge is -2.21. The van der Waals surface area contributed by atoms with Crippen LogP contribution in [-0.4, -0.2) is 30.1 Å². The molecule has 1 saturated carbocycles. The van der Waals surface area contributed by atoms with E-state index in [2.05, 4.69) is 15.6 Å². The number of hydrogen-bond donors (Lipinski definition) is 4. The van der Waals surface area contributed by atoms with E-state index in [4.69, 9.17) is 11.1 Å². The van der Waals surface area contributed by atoms with Crippen molar-refractivity contribution in [3.63, 3.8) is 0 Å². The topological polar surface area (TPSA) is 103 Å². The minimum atomic E-state index is -4.93. The number of nitrogens with two attached hydrogens (primary N) is 1. The number of nitrogens with zero attached hydrogens (tertiary/aromatic N) is 1. The molecule has 11 heteroatoms. The molecule has 1 atom stereocenters. The molecule has 5 N–H and O–H groups in total. The van der Waals surface area contributed by atoms with E-state index in [-0.39, 0.29) is 23.5 Å². The van der Waals surface area contributed by atoms with Crippen LogP contribution in [0.1, 0.15) is 42.0 Å². The van der Waals surface area contributed by atoms with Crippen LogP contribution in [0.5, 0.6) is 0 Å². The van der Waals surface area contributed by atoms with Gasteiger partial charge in [0.25, 0.3) is 5.91 Å². The van der Waals surface area contributed by atoms with Crippen molar-refractivity contribution >= 4 is 28.7 Å². The summed E-state index contributed by atoms with van der Waals surface area (Å²) in [5, 5.41) is 13.3. The van der Waals surface area contributed by atoms with E-state index >= 15 is 0 Å². The quantitative estimate of drug-likeness (QED) is 0.167. The van der Waals surface area contributed by atoms with Crippen LogP contribution in [0.4, 0.5) is 33.3 Å². The Hall–Kier alpha value is -3.96. The van der Waals surface area contributed by atoms with Crippen molar-refractivity contribution in [3.05, 3.63) is 95.1 Å². The Morgan fingerprint density at radius 3 is 2.48 bits per heavy atom. The molecule has 1 fully saturated rings. The van der Waals surface area contributed by atoms with Gasteiger partial charge in [-0.05, 0) is 66.8 Å². The highest BCUT2D eigenvalue weighted by molar-refractivity contribution is 6.46. The number of benzene rings is 3. The molecule has 0 saturated heterocycles. The lowest BCUT2D eigenvalue weighted by molar-refractivity contribution is -0.110. The van der Waals surface area contributed by atoms with E-state index in [9.17, 15) is 26.7 Å². The number of nitrogens with one attached hydrogen (secondary N) is 3. The van der Waals surface area contributed by atoms with E-state index in [1.54, 1.807) is 36.4 Å². The molecule has 3 aromatic carbocycles. The highest BCUT2D eigenvalue weighted by atomic mass is 19.4. The molecule has 1 amide bonds. The molecule has 3 aromatic rings. The summed E-state index contributed by atoms with van der Waals surface area (Å²) >= 11 is 0. The third-order valence-electron chi connectivity index (χ3n) is 6.42. The van der Waals surface area contributed by atoms with E-state index in [0.29, 0.717) is 23.6 Å². The molecule has 6 nitrogen and oxygen atoms in total. The first kappa shape index (κ1) is 29.0. The Bertz CT molecular complexity index is 1420. The molecule has 1 aliphatic rings. The zero-order valence-corrected chi connectivity index (χ0v) is 21.4. The largest absolute Gasteiger partial charge is 0.429 e. The average molecular weight is 558 g/mol. The van der Waals surface area contributed by atoms with E-state index in [1.165, 1.54) is 18.2 Å². The van der Waals surface area contributed by atoms with Gasteiger partial charge in [-0.25, -0.2) is 13.8 Å². The van der Waals surface area contributed by atoms with Gasteiger partial charge in [0, 0.05) is 30.3 Å². The fraction of sp³-hybridized carbons (Fsp3) is 0.276. The van der Waals surface area contributed by atoms with Crippen LogP contribution in [0, 0.1) is 23.0 Å². The zero-order chi connectivity index (χ0) is 28.9. The summed E-state index contributed by atoms with van der Waals surface area (Å²) in [6, 6.07) is 15.4. The molecule has 0 aliphatic heterocycles. The Morgan fingerprint density at radius 1 is 1.05 bits per heavy atom. The predicted molar refractivity (Wildman–Crippen MR) is 144 cm³/mol. The maximum absolute atomic E-state index is 14.7. The summed E-state index contributed by atoms with van der Waals surface area (Å²) in [7, 11) is 0. The van der Waals surface area contributed by atoms with Crippen molar-refractivity contribution in [1.82, 2.24) is 5.32 Å². The van der Waals surface area contributed by atoms with Gasteiger partial charge in [-0.15, -0.1) is 0 Å². The van der Waals surface area contributed by atoms with Crippen molar-refractivity contribution in [2.24, 2.45) is 16.6 Å². The van der Waals surface area contributed by atoms with Crippen molar-refractivity contribution < 1.29 is 26.7 Å². The van der Waals surface area contributed by atoms with Gasteiger partial charge in [0.15, 0.2) is 0 Å². The van der Waals surface area contributed by atoms with E-state index in [0.717, 1.165) is 25.0 Å². The second-order valence-corrected chi connectivity index (χ2v) is 9.62. The minimum Gasteiger partial charge on any atom is -0.326 e. The Labute approximate surface area is 228 Å². The summed E-state index contributed by atoms with van der Waals surface area (Å²) in [6.45, 7) is 0.775. The molecule has 0 radical (unpaired) electrons. The Kier molecular flexibility index (Phi) is 9.06. The van der Waals surface area contributed by atoms with Gasteiger partial charge in [-0.3, -0.25) is 4.79 Å². The molecule has 0 spiro atoms. The Morgan fingerprint density at radius 2 is 1.80 bits per heavy atom. The van der Waals surface area contributed by atoms with Crippen molar-refractivity contribution in [2.45, 2.75) is 38.0 Å². The van der Waals surface area contributed by atoms with Crippen LogP contribution >= 0.6 is 0 Å². The SMILES string of the molecule is N=C(CC(=Nc1cccc(CN)c1)C(=O)Nc1cccc(C(NCC2CC2)c2ccc(F)cc2F)c1)C(F)(F)F. The first-order valence-corrected chi connectivity index (χ1v) is 12.6. The standard InChI is InChI=1S/C29H28F5N5O/c30-20-9-10-23(24(31)13-20)27(37-16-17-7-8-17)19-4-2-6-22(12-19)39-28(40)25(14-26(36)29(32,33)34)38-21-5-1-3-18(11-21)15-35/h1-6,9-13,17,27,36-37H,7-8,14-16,35H2,(H,39,40). The van der Waals surface area contributed by atoms with E-state index < -0.39 is 47.6 Å². The van der Waals surface area contributed by atoms with Gasteiger partial charge >= 0.3 is 6.18 Å².